The molecule has 0 heterocycles. The monoisotopic (exact) mass is 520 g/mol. The van der Waals surface area contributed by atoms with Gasteiger partial charge in [-0.2, -0.15) is 0 Å². The maximum atomic E-state index is 13.8. The summed E-state index contributed by atoms with van der Waals surface area (Å²) in [5.41, 5.74) is 2.74. The van der Waals surface area contributed by atoms with E-state index in [0.29, 0.717) is 23.7 Å². The molecule has 0 spiro atoms. The van der Waals surface area contributed by atoms with Gasteiger partial charge in [-0.05, 0) is 46.7 Å². The summed E-state index contributed by atoms with van der Waals surface area (Å²) >= 11 is 6.09. The first-order valence-electron chi connectivity index (χ1n) is 12.8. The van der Waals surface area contributed by atoms with Gasteiger partial charge >= 0.3 is 0 Å². The van der Waals surface area contributed by atoms with Crippen molar-refractivity contribution in [2.45, 2.75) is 58.5 Å². The minimum absolute atomic E-state index is 0.140. The van der Waals surface area contributed by atoms with Gasteiger partial charge < -0.3 is 15.0 Å². The van der Waals surface area contributed by atoms with Crippen LogP contribution in [0.1, 0.15) is 50.8 Å². The van der Waals surface area contributed by atoms with Gasteiger partial charge in [0.1, 0.15) is 11.8 Å². The zero-order chi connectivity index (χ0) is 26.8. The van der Waals surface area contributed by atoms with E-state index in [1.807, 2.05) is 73.7 Å². The second-order valence-corrected chi connectivity index (χ2v) is 10.6. The lowest BCUT2D eigenvalue weighted by Gasteiger charge is -2.32. The number of carbonyl (C=O) groups excluding carboxylic acids is 2. The van der Waals surface area contributed by atoms with Crippen molar-refractivity contribution in [1.82, 2.24) is 10.2 Å². The minimum atomic E-state index is -0.696. The number of hydrogen-bond acceptors (Lipinski definition) is 3. The SMILES string of the molecule is CCCNC(=O)[C@H](Cc1ccccc1)N(Cc1ccc(Cl)cc1)C(=O)COc1ccccc1C(C)(C)C. The molecule has 0 aliphatic heterocycles. The topological polar surface area (TPSA) is 58.6 Å². The normalized spacial score (nSPS) is 12.0. The maximum Gasteiger partial charge on any atom is 0.261 e. The van der Waals surface area contributed by atoms with E-state index in [2.05, 4.69) is 26.1 Å². The van der Waals surface area contributed by atoms with Crippen molar-refractivity contribution >= 4 is 23.4 Å². The molecule has 2 amide bonds. The van der Waals surface area contributed by atoms with Crippen LogP contribution in [-0.4, -0.2) is 35.9 Å². The molecule has 3 aromatic carbocycles. The van der Waals surface area contributed by atoms with Crippen molar-refractivity contribution in [3.05, 3.63) is 101 Å². The summed E-state index contributed by atoms with van der Waals surface area (Å²) in [6.45, 7) is 8.96. The molecule has 0 aromatic heterocycles. The van der Waals surface area contributed by atoms with Crippen LogP contribution in [0.3, 0.4) is 0 Å². The standard InChI is InChI=1S/C31H37ClN2O3/c1-5-19-33-30(36)27(20-23-11-7-6-8-12-23)34(21-24-15-17-25(32)18-16-24)29(35)22-37-28-14-10-9-13-26(28)31(2,3)4/h6-18,27H,5,19-22H2,1-4H3,(H,33,36)/t27-/m0/s1. The average Bonchev–Trinajstić information content (AvgIpc) is 2.89. The van der Waals surface area contributed by atoms with Crippen LogP contribution in [0, 0.1) is 0 Å². The van der Waals surface area contributed by atoms with Crippen LogP contribution in [0.4, 0.5) is 0 Å². The van der Waals surface area contributed by atoms with Crippen molar-refractivity contribution in [1.29, 1.82) is 0 Å². The Morgan fingerprint density at radius 2 is 1.57 bits per heavy atom. The number of ether oxygens (including phenoxy) is 1. The van der Waals surface area contributed by atoms with Crippen molar-refractivity contribution in [3.63, 3.8) is 0 Å². The fourth-order valence-electron chi connectivity index (χ4n) is 4.14. The number of para-hydroxylation sites is 1. The van der Waals surface area contributed by atoms with E-state index in [9.17, 15) is 9.59 Å². The Hall–Kier alpha value is -3.31. The quantitative estimate of drug-likeness (QED) is 0.328. The molecule has 0 aliphatic rings. The maximum absolute atomic E-state index is 13.8. The van der Waals surface area contributed by atoms with Gasteiger partial charge in [-0.15, -0.1) is 0 Å². The van der Waals surface area contributed by atoms with Crippen LogP contribution in [0.25, 0.3) is 0 Å². The van der Waals surface area contributed by atoms with E-state index < -0.39 is 6.04 Å². The Balaban J connectivity index is 1.92. The summed E-state index contributed by atoms with van der Waals surface area (Å²) < 4.78 is 6.08. The molecule has 3 aromatic rings. The van der Waals surface area contributed by atoms with E-state index in [4.69, 9.17) is 16.3 Å². The van der Waals surface area contributed by atoms with E-state index in [-0.39, 0.29) is 30.4 Å². The lowest BCUT2D eigenvalue weighted by atomic mass is 9.86. The Kier molecular flexibility index (Phi) is 10.2. The van der Waals surface area contributed by atoms with Crippen LogP contribution in [0.2, 0.25) is 5.02 Å². The molecule has 0 saturated carbocycles. The Morgan fingerprint density at radius 1 is 0.919 bits per heavy atom. The van der Waals surface area contributed by atoms with Gasteiger partial charge in [0.2, 0.25) is 5.91 Å². The predicted molar refractivity (Wildman–Crippen MR) is 150 cm³/mol. The molecule has 1 atom stereocenters. The zero-order valence-corrected chi connectivity index (χ0v) is 22.9. The van der Waals surface area contributed by atoms with Gasteiger partial charge in [0.15, 0.2) is 6.61 Å². The van der Waals surface area contributed by atoms with Crippen LogP contribution in [0.5, 0.6) is 5.75 Å². The number of halogens is 1. The molecule has 196 valence electrons. The molecule has 3 rings (SSSR count). The summed E-state index contributed by atoms with van der Waals surface area (Å²) in [5, 5.41) is 3.61. The van der Waals surface area contributed by atoms with Crippen LogP contribution < -0.4 is 10.1 Å². The van der Waals surface area contributed by atoms with Crippen LogP contribution in [-0.2, 0) is 28.0 Å². The van der Waals surface area contributed by atoms with Crippen LogP contribution in [0.15, 0.2) is 78.9 Å². The number of amides is 2. The van der Waals surface area contributed by atoms with Crippen molar-refractivity contribution < 1.29 is 14.3 Å². The molecule has 1 N–H and O–H groups in total. The second kappa shape index (κ2) is 13.3. The summed E-state index contributed by atoms with van der Waals surface area (Å²) in [7, 11) is 0. The Labute approximate surface area is 225 Å². The molecule has 0 unspecified atom stereocenters. The lowest BCUT2D eigenvalue weighted by molar-refractivity contribution is -0.142. The summed E-state index contributed by atoms with van der Waals surface area (Å²) in [6.07, 6.45) is 1.20. The largest absolute Gasteiger partial charge is 0.483 e. The Morgan fingerprint density at radius 3 is 2.22 bits per heavy atom. The number of benzene rings is 3. The Bertz CT molecular complexity index is 1160. The molecule has 37 heavy (non-hydrogen) atoms. The molecule has 0 aliphatic carbocycles. The summed E-state index contributed by atoms with van der Waals surface area (Å²) in [6, 6.07) is 24.2. The number of nitrogens with zero attached hydrogens (tertiary/aromatic N) is 1. The molecule has 0 radical (unpaired) electrons. The molecule has 0 bridgehead atoms. The van der Waals surface area contributed by atoms with Gasteiger partial charge in [-0.1, -0.05) is 100.0 Å². The fourth-order valence-corrected chi connectivity index (χ4v) is 4.27. The van der Waals surface area contributed by atoms with E-state index in [1.165, 1.54) is 0 Å². The number of hydrogen-bond donors (Lipinski definition) is 1. The number of rotatable bonds is 11. The first kappa shape index (κ1) is 28.3. The third-order valence-electron chi connectivity index (χ3n) is 6.13. The van der Waals surface area contributed by atoms with Crippen molar-refractivity contribution in [2.75, 3.05) is 13.2 Å². The summed E-state index contributed by atoms with van der Waals surface area (Å²) in [5.74, 6) is 0.235. The average molecular weight is 521 g/mol. The number of carbonyl (C=O) groups is 2. The molecular weight excluding hydrogens is 484 g/mol. The highest BCUT2D eigenvalue weighted by molar-refractivity contribution is 6.30. The highest BCUT2D eigenvalue weighted by Crippen LogP contribution is 2.31. The van der Waals surface area contributed by atoms with Gasteiger partial charge in [0.25, 0.3) is 5.91 Å². The lowest BCUT2D eigenvalue weighted by Crippen LogP contribution is -2.51. The molecule has 0 fully saturated rings. The van der Waals surface area contributed by atoms with Gasteiger partial charge in [0.05, 0.1) is 0 Å². The van der Waals surface area contributed by atoms with E-state index in [1.54, 1.807) is 17.0 Å². The van der Waals surface area contributed by atoms with Crippen molar-refractivity contribution in [2.24, 2.45) is 0 Å². The highest BCUT2D eigenvalue weighted by atomic mass is 35.5. The van der Waals surface area contributed by atoms with E-state index >= 15 is 0 Å². The second-order valence-electron chi connectivity index (χ2n) is 10.2. The van der Waals surface area contributed by atoms with Crippen LogP contribution >= 0.6 is 11.6 Å². The van der Waals surface area contributed by atoms with Crippen molar-refractivity contribution in [3.8, 4) is 5.75 Å². The smallest absolute Gasteiger partial charge is 0.261 e. The molecule has 0 saturated heterocycles. The highest BCUT2D eigenvalue weighted by Gasteiger charge is 2.31. The van der Waals surface area contributed by atoms with Gasteiger partial charge in [-0.3, -0.25) is 9.59 Å². The molecule has 6 heteroatoms. The third-order valence-corrected chi connectivity index (χ3v) is 6.38. The predicted octanol–water partition coefficient (Wildman–Crippen LogP) is 6.18. The number of nitrogens with one attached hydrogen (secondary N) is 1. The first-order chi connectivity index (χ1) is 17.7. The summed E-state index contributed by atoms with van der Waals surface area (Å²) in [4.78, 5) is 28.8. The zero-order valence-electron chi connectivity index (χ0n) is 22.2. The minimum Gasteiger partial charge on any atom is -0.483 e. The third kappa shape index (κ3) is 8.36. The fraction of sp³-hybridized carbons (Fsp3) is 0.355. The first-order valence-corrected chi connectivity index (χ1v) is 13.1. The van der Waals surface area contributed by atoms with E-state index in [0.717, 1.165) is 23.1 Å². The molecular formula is C31H37ClN2O3. The molecule has 5 nitrogen and oxygen atoms in total. The van der Waals surface area contributed by atoms with Gasteiger partial charge in [-0.25, -0.2) is 0 Å². The van der Waals surface area contributed by atoms with Gasteiger partial charge in [0, 0.05) is 24.5 Å².